The molecule has 3 N–H and O–H groups in total. The molecule has 118 valence electrons. The lowest BCUT2D eigenvalue weighted by Gasteiger charge is -2.33. The average molecular weight is 301 g/mol. The summed E-state index contributed by atoms with van der Waals surface area (Å²) >= 11 is 0. The lowest BCUT2D eigenvalue weighted by molar-refractivity contribution is -0.137. The number of hydrazine groups is 1. The minimum Gasteiger partial charge on any atom is -0.271 e. The Balaban J connectivity index is 2.13. The third-order valence-electron chi connectivity index (χ3n) is 4.48. The molecule has 3 nitrogen and oxygen atoms in total. The molecule has 1 aromatic rings. The number of alkyl halides is 3. The first-order valence-electron chi connectivity index (χ1n) is 7.45. The van der Waals surface area contributed by atoms with Gasteiger partial charge in [0, 0.05) is 6.20 Å². The maximum Gasteiger partial charge on any atom is 0.417 e. The van der Waals surface area contributed by atoms with Gasteiger partial charge in [-0.15, -0.1) is 0 Å². The first kappa shape index (κ1) is 16.2. The van der Waals surface area contributed by atoms with Gasteiger partial charge in [0.05, 0.1) is 17.3 Å². The summed E-state index contributed by atoms with van der Waals surface area (Å²) in [5, 5.41) is 0. The molecule has 1 fully saturated rings. The number of hydrogen-bond acceptors (Lipinski definition) is 3. The van der Waals surface area contributed by atoms with Gasteiger partial charge in [0.2, 0.25) is 0 Å². The second-order valence-corrected chi connectivity index (χ2v) is 5.81. The Bertz CT molecular complexity index is 444. The maximum absolute atomic E-state index is 12.6. The van der Waals surface area contributed by atoms with Crippen LogP contribution in [0.15, 0.2) is 18.3 Å². The van der Waals surface area contributed by atoms with Crippen molar-refractivity contribution in [3.8, 4) is 0 Å². The van der Waals surface area contributed by atoms with Crippen LogP contribution in [0.3, 0.4) is 0 Å². The van der Waals surface area contributed by atoms with E-state index in [9.17, 15) is 13.2 Å². The van der Waals surface area contributed by atoms with E-state index in [1.807, 2.05) is 0 Å². The standard InChI is InChI=1S/C15H22F3N3/c1-2-10-4-3-5-11(8-10)14(21-19)13-7-6-12(9-20-13)15(16,17)18/h6-7,9-11,14,21H,2-5,8,19H2,1H3. The Hall–Kier alpha value is -1.14. The normalized spacial score (nSPS) is 24.8. The molecule has 0 amide bonds. The number of nitrogens with zero attached hydrogens (tertiary/aromatic N) is 1. The highest BCUT2D eigenvalue weighted by molar-refractivity contribution is 5.19. The van der Waals surface area contributed by atoms with Crippen molar-refractivity contribution in [1.82, 2.24) is 10.4 Å². The van der Waals surface area contributed by atoms with Gasteiger partial charge in [-0.05, 0) is 36.8 Å². The van der Waals surface area contributed by atoms with E-state index in [4.69, 9.17) is 5.84 Å². The van der Waals surface area contributed by atoms with Crippen molar-refractivity contribution < 1.29 is 13.2 Å². The van der Waals surface area contributed by atoms with Crippen LogP contribution in [0, 0.1) is 11.8 Å². The summed E-state index contributed by atoms with van der Waals surface area (Å²) in [7, 11) is 0. The van der Waals surface area contributed by atoms with Crippen molar-refractivity contribution in [2.75, 3.05) is 0 Å². The number of rotatable bonds is 4. The highest BCUT2D eigenvalue weighted by atomic mass is 19.4. The molecule has 21 heavy (non-hydrogen) atoms. The van der Waals surface area contributed by atoms with Gasteiger partial charge < -0.3 is 0 Å². The van der Waals surface area contributed by atoms with Crippen LogP contribution in [0.1, 0.15) is 56.3 Å². The molecule has 1 saturated carbocycles. The maximum atomic E-state index is 12.6. The minimum atomic E-state index is -4.35. The van der Waals surface area contributed by atoms with E-state index in [0.717, 1.165) is 37.9 Å². The Morgan fingerprint density at radius 1 is 1.38 bits per heavy atom. The molecular formula is C15H22F3N3. The molecule has 3 atom stereocenters. The van der Waals surface area contributed by atoms with Crippen LogP contribution in [-0.2, 0) is 6.18 Å². The third kappa shape index (κ3) is 3.95. The van der Waals surface area contributed by atoms with E-state index in [1.165, 1.54) is 12.5 Å². The lowest BCUT2D eigenvalue weighted by Crippen LogP contribution is -2.36. The summed E-state index contributed by atoms with van der Waals surface area (Å²) in [6, 6.07) is 2.33. The number of aromatic nitrogens is 1. The highest BCUT2D eigenvalue weighted by Crippen LogP contribution is 2.38. The van der Waals surface area contributed by atoms with Crippen molar-refractivity contribution in [3.05, 3.63) is 29.6 Å². The number of nitrogens with two attached hydrogens (primary N) is 1. The smallest absolute Gasteiger partial charge is 0.271 e. The molecule has 6 heteroatoms. The summed E-state index contributed by atoms with van der Waals surface area (Å²) in [4.78, 5) is 3.98. The van der Waals surface area contributed by atoms with E-state index in [-0.39, 0.29) is 6.04 Å². The molecule has 0 saturated heterocycles. The molecule has 2 rings (SSSR count). The summed E-state index contributed by atoms with van der Waals surface area (Å²) < 4.78 is 37.7. The molecule has 1 aliphatic rings. The zero-order valence-electron chi connectivity index (χ0n) is 12.2. The van der Waals surface area contributed by atoms with Gasteiger partial charge in [-0.1, -0.05) is 26.2 Å². The Morgan fingerprint density at radius 2 is 2.14 bits per heavy atom. The first-order valence-corrected chi connectivity index (χ1v) is 7.45. The van der Waals surface area contributed by atoms with E-state index >= 15 is 0 Å². The van der Waals surface area contributed by atoms with Crippen LogP contribution in [0.5, 0.6) is 0 Å². The minimum absolute atomic E-state index is 0.179. The van der Waals surface area contributed by atoms with Gasteiger partial charge in [0.15, 0.2) is 0 Å². The van der Waals surface area contributed by atoms with Crippen LogP contribution in [0.2, 0.25) is 0 Å². The number of nitrogens with one attached hydrogen (secondary N) is 1. The lowest BCUT2D eigenvalue weighted by atomic mass is 9.76. The summed E-state index contributed by atoms with van der Waals surface area (Å²) in [5.41, 5.74) is 2.61. The van der Waals surface area contributed by atoms with Gasteiger partial charge in [-0.2, -0.15) is 13.2 Å². The molecule has 0 aliphatic heterocycles. The molecule has 1 aromatic heterocycles. The average Bonchev–Trinajstić information content (AvgIpc) is 2.48. The molecule has 0 spiro atoms. The van der Waals surface area contributed by atoms with Crippen LogP contribution in [0.4, 0.5) is 13.2 Å². The van der Waals surface area contributed by atoms with E-state index in [0.29, 0.717) is 17.5 Å². The second kappa shape index (κ2) is 6.75. The van der Waals surface area contributed by atoms with Gasteiger partial charge in [-0.25, -0.2) is 0 Å². The van der Waals surface area contributed by atoms with Gasteiger partial charge >= 0.3 is 6.18 Å². The van der Waals surface area contributed by atoms with E-state index in [2.05, 4.69) is 17.3 Å². The van der Waals surface area contributed by atoms with Gasteiger partial charge in [0.25, 0.3) is 0 Å². The van der Waals surface area contributed by atoms with Crippen molar-refractivity contribution >= 4 is 0 Å². The summed E-state index contributed by atoms with van der Waals surface area (Å²) in [5.74, 6) is 6.64. The predicted molar refractivity (Wildman–Crippen MR) is 75.0 cm³/mol. The van der Waals surface area contributed by atoms with Crippen molar-refractivity contribution in [3.63, 3.8) is 0 Å². The second-order valence-electron chi connectivity index (χ2n) is 5.81. The zero-order chi connectivity index (χ0) is 15.5. The SMILES string of the molecule is CCC1CCCC(C(NN)c2ccc(C(F)(F)F)cn2)C1. The molecule has 0 bridgehead atoms. The Labute approximate surface area is 123 Å². The third-order valence-corrected chi connectivity index (χ3v) is 4.48. The van der Waals surface area contributed by atoms with Gasteiger partial charge in [0.1, 0.15) is 0 Å². The number of halogens is 3. The fourth-order valence-corrected chi connectivity index (χ4v) is 3.23. The van der Waals surface area contributed by atoms with Crippen LogP contribution in [0.25, 0.3) is 0 Å². The van der Waals surface area contributed by atoms with Crippen LogP contribution in [-0.4, -0.2) is 4.98 Å². The van der Waals surface area contributed by atoms with Crippen LogP contribution < -0.4 is 11.3 Å². The first-order chi connectivity index (χ1) is 9.95. The molecule has 0 aromatic carbocycles. The largest absolute Gasteiger partial charge is 0.417 e. The summed E-state index contributed by atoms with van der Waals surface area (Å²) in [6.45, 7) is 2.17. The Morgan fingerprint density at radius 3 is 2.67 bits per heavy atom. The molecule has 0 radical (unpaired) electrons. The molecular weight excluding hydrogens is 279 g/mol. The Kier molecular flexibility index (Phi) is 5.22. The topological polar surface area (TPSA) is 50.9 Å². The quantitative estimate of drug-likeness (QED) is 0.656. The van der Waals surface area contributed by atoms with Crippen LogP contribution >= 0.6 is 0 Å². The van der Waals surface area contributed by atoms with Crippen molar-refractivity contribution in [1.29, 1.82) is 0 Å². The number of pyridine rings is 1. The zero-order valence-corrected chi connectivity index (χ0v) is 12.2. The fraction of sp³-hybridized carbons (Fsp3) is 0.667. The predicted octanol–water partition coefficient (Wildman–Crippen LogP) is 3.82. The number of hydrogen-bond donors (Lipinski definition) is 2. The fourth-order valence-electron chi connectivity index (χ4n) is 3.23. The summed E-state index contributed by atoms with van der Waals surface area (Å²) in [6.07, 6.45) is 2.12. The van der Waals surface area contributed by atoms with Crippen molar-refractivity contribution in [2.24, 2.45) is 17.7 Å². The highest BCUT2D eigenvalue weighted by Gasteiger charge is 2.32. The molecule has 1 aliphatic carbocycles. The van der Waals surface area contributed by atoms with E-state index in [1.54, 1.807) is 0 Å². The monoisotopic (exact) mass is 301 g/mol. The van der Waals surface area contributed by atoms with E-state index < -0.39 is 11.7 Å². The van der Waals surface area contributed by atoms with Crippen molar-refractivity contribution in [2.45, 2.75) is 51.2 Å². The van der Waals surface area contributed by atoms with Gasteiger partial charge in [-0.3, -0.25) is 16.3 Å². The molecule has 1 heterocycles. The molecule has 3 unspecified atom stereocenters.